The van der Waals surface area contributed by atoms with E-state index >= 15 is 0 Å². The van der Waals surface area contributed by atoms with E-state index in [-0.39, 0.29) is 0 Å². The smallest absolute Gasteiger partial charge is 0.0893 e. The lowest BCUT2D eigenvalue weighted by molar-refractivity contribution is 1.18. The molecule has 5 aromatic carbocycles. The third kappa shape index (κ3) is 4.11. The zero-order valence-electron chi connectivity index (χ0n) is 24.3. The maximum Gasteiger partial charge on any atom is 0.0893 e. The van der Waals surface area contributed by atoms with Crippen LogP contribution >= 0.6 is 0 Å². The molecule has 0 aliphatic heterocycles. The number of aromatic nitrogens is 4. The van der Waals surface area contributed by atoms with Gasteiger partial charge in [-0.05, 0) is 54.6 Å². The van der Waals surface area contributed by atoms with Crippen LogP contribution in [0, 0.1) is 0 Å². The highest BCUT2D eigenvalue weighted by Gasteiger charge is 2.19. The average Bonchev–Trinajstić information content (AvgIpc) is 3.47. The summed E-state index contributed by atoms with van der Waals surface area (Å²) in [7, 11) is 0. The van der Waals surface area contributed by atoms with E-state index in [1.54, 1.807) is 6.20 Å². The Morgan fingerprint density at radius 1 is 0.422 bits per heavy atom. The Kier molecular flexibility index (Phi) is 5.78. The van der Waals surface area contributed by atoms with Gasteiger partial charge in [0.1, 0.15) is 0 Å². The largest absolute Gasteiger partial charge is 0.309 e. The van der Waals surface area contributed by atoms with E-state index in [2.05, 4.69) is 137 Å². The van der Waals surface area contributed by atoms with Crippen LogP contribution in [0.4, 0.5) is 0 Å². The van der Waals surface area contributed by atoms with Gasteiger partial charge in [-0.15, -0.1) is 0 Å². The molecular formula is C41H26N4. The highest BCUT2D eigenvalue weighted by atomic mass is 15.0. The van der Waals surface area contributed by atoms with Crippen LogP contribution in [0.5, 0.6) is 0 Å². The lowest BCUT2D eigenvalue weighted by atomic mass is 9.96. The van der Waals surface area contributed by atoms with Crippen molar-refractivity contribution >= 4 is 43.5 Å². The van der Waals surface area contributed by atoms with Crippen molar-refractivity contribution in [2.45, 2.75) is 0 Å². The van der Waals surface area contributed by atoms with E-state index in [0.717, 1.165) is 66.9 Å². The van der Waals surface area contributed by atoms with Crippen molar-refractivity contribution in [1.82, 2.24) is 19.5 Å². The van der Waals surface area contributed by atoms with Gasteiger partial charge < -0.3 is 4.57 Å². The average molecular weight is 575 g/mol. The molecule has 4 heteroatoms. The molecule has 0 N–H and O–H groups in total. The van der Waals surface area contributed by atoms with E-state index in [1.807, 2.05) is 24.3 Å². The molecule has 0 aliphatic rings. The van der Waals surface area contributed by atoms with Crippen LogP contribution < -0.4 is 0 Å². The Morgan fingerprint density at radius 2 is 1.16 bits per heavy atom. The maximum atomic E-state index is 5.18. The molecule has 0 amide bonds. The van der Waals surface area contributed by atoms with Crippen LogP contribution in [0.2, 0.25) is 0 Å². The predicted octanol–water partition coefficient (Wildman–Crippen LogP) is 10.3. The van der Waals surface area contributed by atoms with E-state index < -0.39 is 0 Å². The van der Waals surface area contributed by atoms with Crippen molar-refractivity contribution in [3.05, 3.63) is 158 Å². The Bertz CT molecular complexity index is 2530. The van der Waals surface area contributed by atoms with Gasteiger partial charge in [-0.1, -0.05) is 97.1 Å². The number of pyridine rings is 3. The summed E-state index contributed by atoms with van der Waals surface area (Å²) >= 11 is 0. The molecule has 0 fully saturated rings. The number of fused-ring (bicyclic) bond motifs is 7. The minimum atomic E-state index is 0.858. The monoisotopic (exact) mass is 574 g/mol. The zero-order chi connectivity index (χ0) is 29.7. The molecule has 0 radical (unpaired) electrons. The minimum Gasteiger partial charge on any atom is -0.309 e. The first-order valence-electron chi connectivity index (χ1n) is 15.1. The van der Waals surface area contributed by atoms with Gasteiger partial charge in [0, 0.05) is 49.9 Å². The molecule has 4 aromatic heterocycles. The number of rotatable bonds is 4. The number of nitrogens with zero attached hydrogens (tertiary/aromatic N) is 4. The van der Waals surface area contributed by atoms with Gasteiger partial charge in [0.05, 0.1) is 39.3 Å². The Labute approximate surface area is 259 Å². The summed E-state index contributed by atoms with van der Waals surface area (Å²) < 4.78 is 2.38. The second-order valence-electron chi connectivity index (χ2n) is 11.3. The van der Waals surface area contributed by atoms with Crippen molar-refractivity contribution in [2.75, 3.05) is 0 Å². The van der Waals surface area contributed by atoms with Crippen molar-refractivity contribution < 1.29 is 0 Å². The molecular weight excluding hydrogens is 548 g/mol. The first-order valence-corrected chi connectivity index (χ1v) is 15.1. The summed E-state index contributed by atoms with van der Waals surface area (Å²) in [4.78, 5) is 14.7. The Hall–Kier alpha value is -6.13. The SMILES string of the molecule is c1ccc(-c2nc3ccccc3c3c2ccc2c3c3ccccc3n2-c2cccc(-c3cccc(-c4ccccn4)n3)c2)cc1. The third-order valence-electron chi connectivity index (χ3n) is 8.62. The molecule has 0 atom stereocenters. The maximum absolute atomic E-state index is 5.18. The number of hydrogen-bond acceptors (Lipinski definition) is 3. The second kappa shape index (κ2) is 10.2. The highest BCUT2D eigenvalue weighted by Crippen LogP contribution is 2.42. The Morgan fingerprint density at radius 3 is 2.04 bits per heavy atom. The van der Waals surface area contributed by atoms with Crippen molar-refractivity contribution in [2.24, 2.45) is 0 Å². The molecule has 0 saturated carbocycles. The Balaban J connectivity index is 1.32. The molecule has 210 valence electrons. The molecule has 0 aliphatic carbocycles. The van der Waals surface area contributed by atoms with E-state index in [0.29, 0.717) is 0 Å². The first kappa shape index (κ1) is 25.4. The fourth-order valence-electron chi connectivity index (χ4n) is 6.65. The summed E-state index contributed by atoms with van der Waals surface area (Å²) in [5.74, 6) is 0. The first-order chi connectivity index (χ1) is 22.3. The van der Waals surface area contributed by atoms with E-state index in [9.17, 15) is 0 Å². The van der Waals surface area contributed by atoms with Crippen LogP contribution in [0.3, 0.4) is 0 Å². The number of hydrogen-bond donors (Lipinski definition) is 0. The summed E-state index contributed by atoms with van der Waals surface area (Å²) in [6.07, 6.45) is 1.80. The zero-order valence-corrected chi connectivity index (χ0v) is 24.3. The minimum absolute atomic E-state index is 0.858. The van der Waals surface area contributed by atoms with Crippen molar-refractivity contribution in [3.8, 4) is 39.6 Å². The van der Waals surface area contributed by atoms with E-state index in [4.69, 9.17) is 9.97 Å². The van der Waals surface area contributed by atoms with Crippen LogP contribution in [0.15, 0.2) is 158 Å². The van der Waals surface area contributed by atoms with Gasteiger partial charge in [0.25, 0.3) is 0 Å². The van der Waals surface area contributed by atoms with Gasteiger partial charge in [-0.2, -0.15) is 0 Å². The van der Waals surface area contributed by atoms with Crippen LogP contribution in [-0.4, -0.2) is 19.5 Å². The fourth-order valence-corrected chi connectivity index (χ4v) is 6.65. The van der Waals surface area contributed by atoms with Gasteiger partial charge in [-0.3, -0.25) is 4.98 Å². The summed E-state index contributed by atoms with van der Waals surface area (Å²) in [5.41, 5.74) is 10.2. The lowest BCUT2D eigenvalue weighted by Crippen LogP contribution is -1.96. The molecule has 0 bridgehead atoms. The fraction of sp³-hybridized carbons (Fsp3) is 0. The molecule has 9 aromatic rings. The van der Waals surface area contributed by atoms with E-state index in [1.165, 1.54) is 16.2 Å². The third-order valence-corrected chi connectivity index (χ3v) is 8.62. The quantitative estimate of drug-likeness (QED) is 0.196. The normalized spacial score (nSPS) is 11.6. The molecule has 45 heavy (non-hydrogen) atoms. The summed E-state index contributed by atoms with van der Waals surface area (Å²) in [6, 6.07) is 52.9. The molecule has 0 spiro atoms. The number of para-hydroxylation sites is 2. The molecule has 4 nitrogen and oxygen atoms in total. The number of benzene rings is 5. The van der Waals surface area contributed by atoms with Crippen LogP contribution in [0.25, 0.3) is 83.1 Å². The standard InChI is InChI=1S/C41H26N4/c1-2-12-27(13-3-1)41-32-23-24-38-40(39(32)30-16-4-6-18-34(30)44-41)31-17-5-7-22-37(31)45(38)29-15-10-14-28(26-29)33-20-11-21-36(43-33)35-19-8-9-25-42-35/h1-26H. The molecule has 4 heterocycles. The topological polar surface area (TPSA) is 43.6 Å². The van der Waals surface area contributed by atoms with Crippen LogP contribution in [0.1, 0.15) is 0 Å². The predicted molar refractivity (Wildman–Crippen MR) is 185 cm³/mol. The lowest BCUT2D eigenvalue weighted by Gasteiger charge is -2.13. The van der Waals surface area contributed by atoms with Gasteiger partial charge in [0.2, 0.25) is 0 Å². The van der Waals surface area contributed by atoms with Gasteiger partial charge in [-0.25, -0.2) is 9.97 Å². The summed E-state index contributed by atoms with van der Waals surface area (Å²) in [5, 5.41) is 5.99. The van der Waals surface area contributed by atoms with Crippen molar-refractivity contribution in [1.29, 1.82) is 0 Å². The highest BCUT2D eigenvalue weighted by molar-refractivity contribution is 6.29. The van der Waals surface area contributed by atoms with Gasteiger partial charge in [0.15, 0.2) is 0 Å². The van der Waals surface area contributed by atoms with Gasteiger partial charge >= 0.3 is 0 Å². The van der Waals surface area contributed by atoms with Crippen molar-refractivity contribution in [3.63, 3.8) is 0 Å². The second-order valence-corrected chi connectivity index (χ2v) is 11.3. The van der Waals surface area contributed by atoms with Crippen LogP contribution in [-0.2, 0) is 0 Å². The summed E-state index contributed by atoms with van der Waals surface area (Å²) in [6.45, 7) is 0. The molecule has 0 saturated heterocycles. The molecule has 9 rings (SSSR count). The molecule has 0 unspecified atom stereocenters.